The van der Waals surface area contributed by atoms with Crippen LogP contribution in [0, 0.1) is 0 Å². The van der Waals surface area contributed by atoms with E-state index in [4.69, 9.17) is 0 Å². The summed E-state index contributed by atoms with van der Waals surface area (Å²) in [6, 6.07) is 23.8. The van der Waals surface area contributed by atoms with E-state index in [1.807, 2.05) is 17.9 Å². The number of anilines is 1. The summed E-state index contributed by atoms with van der Waals surface area (Å²) in [6.07, 6.45) is 2.45. The molecule has 2 atom stereocenters. The predicted molar refractivity (Wildman–Crippen MR) is 131 cm³/mol. The largest absolute Gasteiger partial charge is 0.390 e. The van der Waals surface area contributed by atoms with Gasteiger partial charge >= 0.3 is 0 Å². The molecule has 1 aliphatic heterocycles. The van der Waals surface area contributed by atoms with Crippen molar-refractivity contribution < 1.29 is 5.11 Å². The number of aryl methyl sites for hydroxylation is 1. The summed E-state index contributed by atoms with van der Waals surface area (Å²) in [4.78, 5) is 6.79. The average molecular weight is 427 g/mol. The molecule has 0 aliphatic carbocycles. The second kappa shape index (κ2) is 8.77. The van der Waals surface area contributed by atoms with E-state index in [1.54, 1.807) is 0 Å². The van der Waals surface area contributed by atoms with Gasteiger partial charge in [0.05, 0.1) is 23.5 Å². The van der Waals surface area contributed by atoms with Gasteiger partial charge in [-0.2, -0.15) is 0 Å². The monoisotopic (exact) mass is 426 g/mol. The zero-order valence-corrected chi connectivity index (χ0v) is 18.7. The Morgan fingerprint density at radius 2 is 1.84 bits per heavy atom. The molecule has 3 aromatic carbocycles. The number of imidazole rings is 1. The molecule has 4 aromatic rings. The molecule has 0 saturated carbocycles. The van der Waals surface area contributed by atoms with Gasteiger partial charge in [0, 0.05) is 38.4 Å². The number of hydrogen-bond donors (Lipinski definition) is 2. The van der Waals surface area contributed by atoms with Gasteiger partial charge in [0.1, 0.15) is 0 Å². The molecule has 0 bridgehead atoms. The summed E-state index contributed by atoms with van der Waals surface area (Å²) in [5.74, 6) is 0. The summed E-state index contributed by atoms with van der Waals surface area (Å²) >= 11 is 0. The number of benzene rings is 3. The molecule has 32 heavy (non-hydrogen) atoms. The first-order valence-corrected chi connectivity index (χ1v) is 11.3. The molecule has 5 nitrogen and oxygen atoms in total. The summed E-state index contributed by atoms with van der Waals surface area (Å²) in [6.45, 7) is 4.34. The van der Waals surface area contributed by atoms with Crippen LogP contribution in [0.4, 0.5) is 5.69 Å². The maximum absolute atomic E-state index is 10.7. The zero-order chi connectivity index (χ0) is 22.1. The van der Waals surface area contributed by atoms with Crippen molar-refractivity contribution in [2.24, 2.45) is 7.05 Å². The summed E-state index contributed by atoms with van der Waals surface area (Å²) < 4.78 is 2.04. The van der Waals surface area contributed by atoms with Gasteiger partial charge in [0.25, 0.3) is 0 Å². The smallest absolute Gasteiger partial charge is 0.0955 e. The molecule has 0 saturated heterocycles. The maximum Gasteiger partial charge on any atom is 0.0955 e. The van der Waals surface area contributed by atoms with Crippen molar-refractivity contribution in [3.8, 4) is 11.1 Å². The average Bonchev–Trinajstić information content (AvgIpc) is 3.18. The molecule has 5 heteroatoms. The molecule has 2 N–H and O–H groups in total. The summed E-state index contributed by atoms with van der Waals surface area (Å²) in [5, 5.41) is 14.2. The van der Waals surface area contributed by atoms with Crippen LogP contribution in [0.2, 0.25) is 0 Å². The van der Waals surface area contributed by atoms with Crippen LogP contribution in [0.1, 0.15) is 18.1 Å². The van der Waals surface area contributed by atoms with E-state index in [0.717, 1.165) is 40.8 Å². The minimum Gasteiger partial charge on any atom is -0.390 e. The van der Waals surface area contributed by atoms with E-state index in [9.17, 15) is 5.11 Å². The Hall–Kier alpha value is -3.15. The normalized spacial score (nSPS) is 17.3. The van der Waals surface area contributed by atoms with Gasteiger partial charge in [-0.25, -0.2) is 4.98 Å². The molecule has 0 radical (unpaired) electrons. The van der Waals surface area contributed by atoms with E-state index in [0.29, 0.717) is 19.1 Å². The van der Waals surface area contributed by atoms with Crippen molar-refractivity contribution in [1.82, 2.24) is 14.5 Å². The third-order valence-corrected chi connectivity index (χ3v) is 6.54. The van der Waals surface area contributed by atoms with Crippen LogP contribution >= 0.6 is 0 Å². The molecule has 0 spiro atoms. The lowest BCUT2D eigenvalue weighted by Gasteiger charge is -2.36. The molecule has 2 unspecified atom stereocenters. The molecule has 1 aliphatic rings. The van der Waals surface area contributed by atoms with Crippen LogP contribution in [0.3, 0.4) is 0 Å². The number of nitrogens with zero attached hydrogens (tertiary/aromatic N) is 3. The number of rotatable bonds is 6. The van der Waals surface area contributed by atoms with Gasteiger partial charge in [-0.05, 0) is 59.9 Å². The highest BCUT2D eigenvalue weighted by Gasteiger charge is 2.24. The first-order valence-electron chi connectivity index (χ1n) is 11.3. The number of aromatic nitrogens is 2. The van der Waals surface area contributed by atoms with Gasteiger partial charge in [-0.1, -0.05) is 42.5 Å². The van der Waals surface area contributed by atoms with Gasteiger partial charge in [-0.3, -0.25) is 4.90 Å². The van der Waals surface area contributed by atoms with Gasteiger partial charge < -0.3 is 15.0 Å². The Bertz CT molecular complexity index is 1230. The molecule has 5 rings (SSSR count). The van der Waals surface area contributed by atoms with Crippen LogP contribution in [-0.4, -0.2) is 44.8 Å². The highest BCUT2D eigenvalue weighted by atomic mass is 16.3. The Balaban J connectivity index is 1.23. The minimum absolute atomic E-state index is 0.433. The number of β-amino-alcohol motifs (C(OH)–C–C–N with tert-alkyl or cyclic N) is 1. The first kappa shape index (κ1) is 20.7. The minimum atomic E-state index is -0.433. The van der Waals surface area contributed by atoms with E-state index >= 15 is 0 Å². The lowest BCUT2D eigenvalue weighted by Crippen LogP contribution is -2.44. The summed E-state index contributed by atoms with van der Waals surface area (Å²) in [5.41, 5.74) is 8.26. The SMILES string of the molecule is CC1Cc2ccccc2CN1CC(O)CNc1cccc(-c2ccc3ncn(C)c3c2)c1. The number of aliphatic hydroxyl groups excluding tert-OH is 1. The Labute approximate surface area is 189 Å². The van der Waals surface area contributed by atoms with E-state index in [1.165, 1.54) is 11.1 Å². The van der Waals surface area contributed by atoms with Gasteiger partial charge in [-0.15, -0.1) is 0 Å². The maximum atomic E-state index is 10.7. The molecular weight excluding hydrogens is 396 g/mol. The Kier molecular flexibility index (Phi) is 5.68. The first-order chi connectivity index (χ1) is 15.6. The van der Waals surface area contributed by atoms with E-state index < -0.39 is 6.10 Å². The third kappa shape index (κ3) is 4.27. The van der Waals surface area contributed by atoms with Crippen molar-refractivity contribution in [1.29, 1.82) is 0 Å². The van der Waals surface area contributed by atoms with Crippen molar-refractivity contribution >= 4 is 16.7 Å². The highest BCUT2D eigenvalue weighted by molar-refractivity contribution is 5.82. The lowest BCUT2D eigenvalue weighted by atomic mass is 9.94. The fourth-order valence-corrected chi connectivity index (χ4v) is 4.66. The molecule has 164 valence electrons. The molecule has 0 amide bonds. The van der Waals surface area contributed by atoms with Gasteiger partial charge in [0.15, 0.2) is 0 Å². The lowest BCUT2D eigenvalue weighted by molar-refractivity contribution is 0.0879. The van der Waals surface area contributed by atoms with Gasteiger partial charge in [0.2, 0.25) is 0 Å². The van der Waals surface area contributed by atoms with Crippen LogP contribution in [0.25, 0.3) is 22.2 Å². The fraction of sp³-hybridized carbons (Fsp3) is 0.296. The number of fused-ring (bicyclic) bond motifs is 2. The van der Waals surface area contributed by atoms with Crippen molar-refractivity contribution in [2.75, 3.05) is 18.4 Å². The number of aliphatic hydroxyl groups is 1. The molecule has 1 aromatic heterocycles. The quantitative estimate of drug-likeness (QED) is 0.478. The van der Waals surface area contributed by atoms with Crippen LogP contribution < -0.4 is 5.32 Å². The summed E-state index contributed by atoms with van der Waals surface area (Å²) in [7, 11) is 2.01. The van der Waals surface area contributed by atoms with Crippen molar-refractivity contribution in [2.45, 2.75) is 32.0 Å². The highest BCUT2D eigenvalue weighted by Crippen LogP contribution is 2.26. The number of hydrogen-bond acceptors (Lipinski definition) is 4. The Morgan fingerprint density at radius 3 is 2.72 bits per heavy atom. The number of nitrogens with one attached hydrogen (secondary N) is 1. The van der Waals surface area contributed by atoms with Crippen molar-refractivity contribution in [3.63, 3.8) is 0 Å². The van der Waals surface area contributed by atoms with Crippen LogP contribution in [0.15, 0.2) is 73.1 Å². The van der Waals surface area contributed by atoms with E-state index in [2.05, 4.69) is 88.9 Å². The standard InChI is InChI=1S/C27H30N4O/c1-19-12-20-6-3-4-7-23(20)16-31(19)17-25(32)15-28-24-9-5-8-21(13-24)22-10-11-26-27(14-22)30(2)18-29-26/h3-11,13-14,18-19,25,28,32H,12,15-17H2,1-2H3. The van der Waals surface area contributed by atoms with Crippen LogP contribution in [0.5, 0.6) is 0 Å². The Morgan fingerprint density at radius 1 is 1.03 bits per heavy atom. The zero-order valence-electron chi connectivity index (χ0n) is 18.7. The predicted octanol–water partition coefficient (Wildman–Crippen LogP) is 4.46. The van der Waals surface area contributed by atoms with Crippen molar-refractivity contribution in [3.05, 3.63) is 84.2 Å². The molecule has 2 heterocycles. The second-order valence-electron chi connectivity index (χ2n) is 8.93. The van der Waals surface area contributed by atoms with E-state index in [-0.39, 0.29) is 0 Å². The fourth-order valence-electron chi connectivity index (χ4n) is 4.66. The van der Waals surface area contributed by atoms with Crippen LogP contribution in [-0.2, 0) is 20.0 Å². The third-order valence-electron chi connectivity index (χ3n) is 6.54. The molecular formula is C27H30N4O. The molecule has 0 fully saturated rings. The second-order valence-corrected chi connectivity index (χ2v) is 8.93. The topological polar surface area (TPSA) is 53.3 Å².